The van der Waals surface area contributed by atoms with Crippen LogP contribution in [0.4, 0.5) is 0 Å². The highest BCUT2D eigenvalue weighted by molar-refractivity contribution is 5.18. The maximum atomic E-state index is 3.95. The van der Waals surface area contributed by atoms with Crippen LogP contribution in [0.15, 0.2) is 0 Å². The van der Waals surface area contributed by atoms with Gasteiger partial charge in [0.05, 0.1) is 0 Å². The molecule has 1 heteroatoms. The van der Waals surface area contributed by atoms with Gasteiger partial charge in [-0.25, -0.2) is 0 Å². The van der Waals surface area contributed by atoms with Crippen LogP contribution in [-0.4, -0.2) is 12.1 Å². The second-order valence-corrected chi connectivity index (χ2v) is 8.34. The van der Waals surface area contributed by atoms with Crippen molar-refractivity contribution in [2.45, 2.75) is 85.7 Å². The van der Waals surface area contributed by atoms with Gasteiger partial charge < -0.3 is 5.32 Å². The van der Waals surface area contributed by atoms with E-state index < -0.39 is 0 Å². The SMILES string of the molecule is CC1(C)CCCC(NC2C(C)(C)C2(C)C)CC1. The van der Waals surface area contributed by atoms with Gasteiger partial charge in [0.15, 0.2) is 0 Å². The smallest absolute Gasteiger partial charge is 0.0183 e. The molecule has 0 spiro atoms. The summed E-state index contributed by atoms with van der Waals surface area (Å²) in [6.07, 6.45) is 6.95. The Hall–Kier alpha value is -0.0400. The number of hydrogen-bond acceptors (Lipinski definition) is 1. The molecule has 0 amide bonds. The van der Waals surface area contributed by atoms with E-state index in [2.05, 4.69) is 46.9 Å². The molecule has 2 rings (SSSR count). The molecule has 1 nitrogen and oxygen atoms in total. The van der Waals surface area contributed by atoms with Gasteiger partial charge in [0.25, 0.3) is 0 Å². The first kappa shape index (κ1) is 13.4. The van der Waals surface area contributed by atoms with Crippen molar-refractivity contribution >= 4 is 0 Å². The standard InChI is InChI=1S/C16H31N/c1-14(2)10-7-8-12(9-11-14)17-13-15(3,4)16(13,5)6/h12-13,17H,7-11H2,1-6H3. The second-order valence-electron chi connectivity index (χ2n) is 8.34. The molecule has 0 bridgehead atoms. The number of hydrogen-bond donors (Lipinski definition) is 1. The highest BCUT2D eigenvalue weighted by atomic mass is 15.1. The van der Waals surface area contributed by atoms with E-state index in [-0.39, 0.29) is 0 Å². The Kier molecular flexibility index (Phi) is 3.14. The zero-order valence-electron chi connectivity index (χ0n) is 12.7. The molecule has 0 radical (unpaired) electrons. The van der Waals surface area contributed by atoms with Gasteiger partial charge in [-0.1, -0.05) is 48.0 Å². The maximum absolute atomic E-state index is 3.95. The van der Waals surface area contributed by atoms with Crippen LogP contribution in [-0.2, 0) is 0 Å². The van der Waals surface area contributed by atoms with Crippen molar-refractivity contribution in [3.63, 3.8) is 0 Å². The zero-order chi connectivity index (χ0) is 12.9. The summed E-state index contributed by atoms with van der Waals surface area (Å²) in [5.41, 5.74) is 1.54. The van der Waals surface area contributed by atoms with Crippen molar-refractivity contribution in [2.75, 3.05) is 0 Å². The maximum Gasteiger partial charge on any atom is 0.0183 e. The molecule has 0 aromatic carbocycles. The van der Waals surface area contributed by atoms with Gasteiger partial charge >= 0.3 is 0 Å². The highest BCUT2D eigenvalue weighted by Gasteiger charge is 2.64. The van der Waals surface area contributed by atoms with Crippen molar-refractivity contribution < 1.29 is 0 Å². The fraction of sp³-hybridized carbons (Fsp3) is 1.00. The van der Waals surface area contributed by atoms with Crippen LogP contribution in [0, 0.1) is 16.2 Å². The molecular formula is C16H31N. The average molecular weight is 237 g/mol. The highest BCUT2D eigenvalue weighted by Crippen LogP contribution is 2.62. The minimum atomic E-state index is 0.481. The molecule has 0 aromatic rings. The van der Waals surface area contributed by atoms with E-state index in [1.165, 1.54) is 32.1 Å². The topological polar surface area (TPSA) is 12.0 Å². The predicted molar refractivity (Wildman–Crippen MR) is 75.1 cm³/mol. The minimum Gasteiger partial charge on any atom is -0.310 e. The van der Waals surface area contributed by atoms with Crippen LogP contribution in [0.3, 0.4) is 0 Å². The lowest BCUT2D eigenvalue weighted by molar-refractivity contribution is 0.308. The largest absolute Gasteiger partial charge is 0.310 e. The Bertz CT molecular complexity index is 274. The van der Waals surface area contributed by atoms with Gasteiger partial charge in [0.2, 0.25) is 0 Å². The van der Waals surface area contributed by atoms with Crippen LogP contribution >= 0.6 is 0 Å². The minimum absolute atomic E-state index is 0.481. The molecule has 0 aromatic heterocycles. The third kappa shape index (κ3) is 2.41. The van der Waals surface area contributed by atoms with Gasteiger partial charge in [0, 0.05) is 12.1 Å². The number of rotatable bonds is 2. The Morgan fingerprint density at radius 2 is 1.41 bits per heavy atom. The first-order chi connectivity index (χ1) is 7.67. The molecule has 2 aliphatic rings. The third-order valence-electron chi connectivity index (χ3n) is 6.00. The van der Waals surface area contributed by atoms with Crippen molar-refractivity contribution in [3.05, 3.63) is 0 Å². The third-order valence-corrected chi connectivity index (χ3v) is 6.00. The molecule has 2 fully saturated rings. The molecule has 2 aliphatic carbocycles. The van der Waals surface area contributed by atoms with E-state index in [1.807, 2.05) is 0 Å². The normalized spacial score (nSPS) is 35.3. The molecule has 0 aliphatic heterocycles. The van der Waals surface area contributed by atoms with Gasteiger partial charge in [-0.2, -0.15) is 0 Å². The summed E-state index contributed by atoms with van der Waals surface area (Å²) in [6, 6.07) is 1.49. The van der Waals surface area contributed by atoms with Crippen LogP contribution in [0.25, 0.3) is 0 Å². The van der Waals surface area contributed by atoms with Crippen molar-refractivity contribution in [3.8, 4) is 0 Å². The Labute approximate surface area is 108 Å². The quantitative estimate of drug-likeness (QED) is 0.703. The van der Waals surface area contributed by atoms with Gasteiger partial charge in [-0.05, 0) is 41.9 Å². The summed E-state index contributed by atoms with van der Waals surface area (Å²) >= 11 is 0. The summed E-state index contributed by atoms with van der Waals surface area (Å²) in [7, 11) is 0. The van der Waals surface area contributed by atoms with Crippen molar-refractivity contribution in [1.82, 2.24) is 5.32 Å². The van der Waals surface area contributed by atoms with Crippen molar-refractivity contribution in [2.24, 2.45) is 16.2 Å². The van der Waals surface area contributed by atoms with E-state index in [0.717, 1.165) is 12.1 Å². The van der Waals surface area contributed by atoms with Gasteiger partial charge in [0.1, 0.15) is 0 Å². The first-order valence-corrected chi connectivity index (χ1v) is 7.43. The van der Waals surface area contributed by atoms with Crippen LogP contribution in [0.2, 0.25) is 0 Å². The van der Waals surface area contributed by atoms with Gasteiger partial charge in [-0.15, -0.1) is 0 Å². The lowest BCUT2D eigenvalue weighted by Crippen LogP contribution is -2.34. The second kappa shape index (κ2) is 3.98. The summed E-state index contributed by atoms with van der Waals surface area (Å²) in [5.74, 6) is 0. The molecule has 1 unspecified atom stereocenters. The number of nitrogens with one attached hydrogen (secondary N) is 1. The fourth-order valence-corrected chi connectivity index (χ4v) is 3.68. The lowest BCUT2D eigenvalue weighted by Gasteiger charge is -2.22. The Balaban J connectivity index is 1.89. The van der Waals surface area contributed by atoms with Crippen LogP contribution < -0.4 is 5.32 Å². The molecule has 0 heterocycles. The van der Waals surface area contributed by atoms with E-state index in [4.69, 9.17) is 0 Å². The predicted octanol–water partition coefficient (Wildman–Crippen LogP) is 4.37. The lowest BCUT2D eigenvalue weighted by atomic mass is 9.85. The van der Waals surface area contributed by atoms with E-state index >= 15 is 0 Å². The zero-order valence-corrected chi connectivity index (χ0v) is 12.7. The molecule has 1 atom stereocenters. The van der Waals surface area contributed by atoms with E-state index in [0.29, 0.717) is 16.2 Å². The molecule has 100 valence electrons. The van der Waals surface area contributed by atoms with Crippen LogP contribution in [0.1, 0.15) is 73.6 Å². The van der Waals surface area contributed by atoms with E-state index in [9.17, 15) is 0 Å². The summed E-state index contributed by atoms with van der Waals surface area (Å²) in [5, 5.41) is 3.95. The summed E-state index contributed by atoms with van der Waals surface area (Å²) < 4.78 is 0. The molecular weight excluding hydrogens is 206 g/mol. The summed E-state index contributed by atoms with van der Waals surface area (Å²) in [6.45, 7) is 14.5. The average Bonchev–Trinajstić information content (AvgIpc) is 2.64. The van der Waals surface area contributed by atoms with Crippen molar-refractivity contribution in [1.29, 1.82) is 0 Å². The Morgan fingerprint density at radius 3 is 1.94 bits per heavy atom. The molecule has 1 N–H and O–H groups in total. The van der Waals surface area contributed by atoms with Gasteiger partial charge in [-0.3, -0.25) is 0 Å². The molecule has 2 saturated carbocycles. The Morgan fingerprint density at radius 1 is 0.824 bits per heavy atom. The first-order valence-electron chi connectivity index (χ1n) is 7.43. The monoisotopic (exact) mass is 237 g/mol. The van der Waals surface area contributed by atoms with Crippen LogP contribution in [0.5, 0.6) is 0 Å². The molecule has 17 heavy (non-hydrogen) atoms. The molecule has 0 saturated heterocycles. The fourth-order valence-electron chi connectivity index (χ4n) is 3.68. The summed E-state index contributed by atoms with van der Waals surface area (Å²) in [4.78, 5) is 0. The van der Waals surface area contributed by atoms with E-state index in [1.54, 1.807) is 0 Å².